The molecular weight excluding hydrogens is 206 g/mol. The lowest BCUT2D eigenvalue weighted by Gasteiger charge is -2.26. The zero-order chi connectivity index (χ0) is 11.7. The first-order chi connectivity index (χ1) is 7.59. The fourth-order valence-electron chi connectivity index (χ4n) is 2.37. The highest BCUT2D eigenvalue weighted by atomic mass is 16.5. The second-order valence-electron chi connectivity index (χ2n) is 5.15. The number of ether oxygens (including phenoxy) is 1. The maximum atomic E-state index is 10.9. The molecule has 1 aliphatic carbocycles. The van der Waals surface area contributed by atoms with E-state index in [9.17, 15) is 4.79 Å². The molecule has 4 atom stereocenters. The molecule has 0 aromatic carbocycles. The lowest BCUT2D eigenvalue weighted by molar-refractivity contribution is -0.142. The third-order valence-electron chi connectivity index (χ3n) is 3.84. The van der Waals surface area contributed by atoms with E-state index in [0.717, 1.165) is 13.0 Å². The Morgan fingerprint density at radius 3 is 2.62 bits per heavy atom. The Bertz CT molecular complexity index is 265. The normalized spacial score (nSPS) is 33.6. The number of hydrogen-bond donors (Lipinski definition) is 2. The van der Waals surface area contributed by atoms with Gasteiger partial charge in [0.1, 0.15) is 0 Å². The molecule has 1 heterocycles. The molecule has 0 amide bonds. The molecule has 0 bridgehead atoms. The number of aliphatic carboxylic acids is 1. The van der Waals surface area contributed by atoms with E-state index in [1.54, 1.807) is 6.92 Å². The van der Waals surface area contributed by atoms with E-state index in [2.05, 4.69) is 5.32 Å². The van der Waals surface area contributed by atoms with Crippen molar-refractivity contribution in [3.8, 4) is 0 Å². The Morgan fingerprint density at radius 2 is 2.06 bits per heavy atom. The van der Waals surface area contributed by atoms with Crippen molar-refractivity contribution in [3.63, 3.8) is 0 Å². The minimum absolute atomic E-state index is 0.00505. The lowest BCUT2D eigenvalue weighted by atomic mass is 10.00. The fraction of sp³-hybridized carbons (Fsp3) is 0.917. The molecule has 0 aromatic heterocycles. The average Bonchev–Trinajstić information content (AvgIpc) is 2.99. The SMILES string of the molecule is CC(NC1CCOC1C1CC1)C(C)C(=O)O. The Morgan fingerprint density at radius 1 is 1.38 bits per heavy atom. The minimum Gasteiger partial charge on any atom is -0.481 e. The van der Waals surface area contributed by atoms with Gasteiger partial charge in [0.15, 0.2) is 0 Å². The molecule has 2 rings (SSSR count). The molecule has 2 fully saturated rings. The summed E-state index contributed by atoms with van der Waals surface area (Å²) in [4.78, 5) is 10.9. The van der Waals surface area contributed by atoms with Crippen molar-refractivity contribution in [2.24, 2.45) is 11.8 Å². The van der Waals surface area contributed by atoms with Crippen LogP contribution in [0.15, 0.2) is 0 Å². The van der Waals surface area contributed by atoms with Crippen LogP contribution in [0.25, 0.3) is 0 Å². The Kier molecular flexibility index (Phi) is 3.50. The van der Waals surface area contributed by atoms with Gasteiger partial charge in [-0.3, -0.25) is 4.79 Å². The second-order valence-corrected chi connectivity index (χ2v) is 5.15. The molecule has 4 heteroatoms. The monoisotopic (exact) mass is 227 g/mol. The number of carboxylic acid groups (broad SMARTS) is 1. The highest BCUT2D eigenvalue weighted by molar-refractivity contribution is 5.70. The smallest absolute Gasteiger partial charge is 0.307 e. The largest absolute Gasteiger partial charge is 0.481 e. The summed E-state index contributed by atoms with van der Waals surface area (Å²) in [6.45, 7) is 4.51. The number of carboxylic acids is 1. The number of nitrogens with one attached hydrogen (secondary N) is 1. The molecule has 0 radical (unpaired) electrons. The zero-order valence-electron chi connectivity index (χ0n) is 9.98. The van der Waals surface area contributed by atoms with E-state index < -0.39 is 5.97 Å². The summed E-state index contributed by atoms with van der Waals surface area (Å²) in [5.74, 6) is -0.366. The van der Waals surface area contributed by atoms with Crippen LogP contribution in [0.3, 0.4) is 0 Å². The van der Waals surface area contributed by atoms with Crippen molar-refractivity contribution in [1.82, 2.24) is 5.32 Å². The van der Waals surface area contributed by atoms with Crippen molar-refractivity contribution >= 4 is 5.97 Å². The van der Waals surface area contributed by atoms with Gasteiger partial charge < -0.3 is 15.2 Å². The van der Waals surface area contributed by atoms with E-state index >= 15 is 0 Å². The highest BCUT2D eigenvalue weighted by Crippen LogP contribution is 2.38. The number of carbonyl (C=O) groups is 1. The van der Waals surface area contributed by atoms with Crippen molar-refractivity contribution in [2.45, 2.75) is 51.3 Å². The van der Waals surface area contributed by atoms with Gasteiger partial charge in [0.2, 0.25) is 0 Å². The number of rotatable bonds is 5. The predicted molar refractivity (Wildman–Crippen MR) is 60.3 cm³/mol. The van der Waals surface area contributed by atoms with Gasteiger partial charge in [-0.1, -0.05) is 6.92 Å². The molecule has 16 heavy (non-hydrogen) atoms. The quantitative estimate of drug-likeness (QED) is 0.742. The molecule has 92 valence electrons. The van der Waals surface area contributed by atoms with Crippen LogP contribution in [0.5, 0.6) is 0 Å². The first kappa shape index (κ1) is 11.9. The van der Waals surface area contributed by atoms with Gasteiger partial charge in [0, 0.05) is 18.7 Å². The minimum atomic E-state index is -0.734. The molecule has 0 spiro atoms. The van der Waals surface area contributed by atoms with Crippen molar-refractivity contribution in [3.05, 3.63) is 0 Å². The van der Waals surface area contributed by atoms with E-state index in [-0.39, 0.29) is 12.0 Å². The summed E-state index contributed by atoms with van der Waals surface area (Å²) in [5.41, 5.74) is 0. The summed E-state index contributed by atoms with van der Waals surface area (Å²) in [7, 11) is 0. The van der Waals surface area contributed by atoms with Gasteiger partial charge in [-0.25, -0.2) is 0 Å². The predicted octanol–water partition coefficient (Wildman–Crippen LogP) is 1.25. The first-order valence-corrected chi connectivity index (χ1v) is 6.20. The maximum absolute atomic E-state index is 10.9. The van der Waals surface area contributed by atoms with E-state index in [0.29, 0.717) is 18.1 Å². The van der Waals surface area contributed by atoms with E-state index in [1.165, 1.54) is 12.8 Å². The molecule has 0 aromatic rings. The van der Waals surface area contributed by atoms with Gasteiger partial charge in [-0.2, -0.15) is 0 Å². The van der Waals surface area contributed by atoms with Gasteiger partial charge in [0.05, 0.1) is 12.0 Å². The van der Waals surface area contributed by atoms with Crippen molar-refractivity contribution in [1.29, 1.82) is 0 Å². The standard InChI is InChI=1S/C12H21NO3/c1-7(12(14)15)8(2)13-10-5-6-16-11(10)9-3-4-9/h7-11,13H,3-6H2,1-2H3,(H,14,15). The molecule has 1 aliphatic heterocycles. The third-order valence-corrected chi connectivity index (χ3v) is 3.84. The molecule has 1 saturated carbocycles. The Labute approximate surface area is 96.4 Å². The molecule has 2 N–H and O–H groups in total. The Hall–Kier alpha value is -0.610. The summed E-state index contributed by atoms with van der Waals surface area (Å²) < 4.78 is 5.72. The average molecular weight is 227 g/mol. The van der Waals surface area contributed by atoms with Crippen LogP contribution in [0, 0.1) is 11.8 Å². The van der Waals surface area contributed by atoms with Crippen LogP contribution in [0.4, 0.5) is 0 Å². The van der Waals surface area contributed by atoms with Crippen molar-refractivity contribution < 1.29 is 14.6 Å². The van der Waals surface area contributed by atoms with Gasteiger partial charge in [-0.05, 0) is 32.1 Å². The summed E-state index contributed by atoms with van der Waals surface area (Å²) in [6, 6.07) is 0.356. The summed E-state index contributed by atoms with van der Waals surface area (Å²) in [6.07, 6.45) is 3.87. The van der Waals surface area contributed by atoms with E-state index in [1.807, 2.05) is 6.92 Å². The van der Waals surface area contributed by atoms with E-state index in [4.69, 9.17) is 9.84 Å². The van der Waals surface area contributed by atoms with Crippen LogP contribution < -0.4 is 5.32 Å². The number of hydrogen-bond acceptors (Lipinski definition) is 3. The van der Waals surface area contributed by atoms with Crippen LogP contribution in [0.1, 0.15) is 33.1 Å². The Balaban J connectivity index is 1.85. The topological polar surface area (TPSA) is 58.6 Å². The van der Waals surface area contributed by atoms with Gasteiger partial charge in [-0.15, -0.1) is 0 Å². The van der Waals surface area contributed by atoms with Crippen LogP contribution >= 0.6 is 0 Å². The van der Waals surface area contributed by atoms with Gasteiger partial charge >= 0.3 is 5.97 Å². The third kappa shape index (κ3) is 2.55. The molecule has 4 nitrogen and oxygen atoms in total. The highest BCUT2D eigenvalue weighted by Gasteiger charge is 2.41. The summed E-state index contributed by atoms with van der Waals surface area (Å²) >= 11 is 0. The summed E-state index contributed by atoms with van der Waals surface area (Å²) in [5, 5.41) is 12.4. The van der Waals surface area contributed by atoms with Gasteiger partial charge in [0.25, 0.3) is 0 Å². The lowest BCUT2D eigenvalue weighted by Crippen LogP contribution is -2.46. The fourth-order valence-corrected chi connectivity index (χ4v) is 2.37. The maximum Gasteiger partial charge on any atom is 0.307 e. The van der Waals surface area contributed by atoms with Crippen LogP contribution in [0.2, 0.25) is 0 Å². The molecular formula is C12H21NO3. The molecule has 4 unspecified atom stereocenters. The first-order valence-electron chi connectivity index (χ1n) is 6.20. The molecule has 1 saturated heterocycles. The molecule has 2 aliphatic rings. The van der Waals surface area contributed by atoms with Crippen LogP contribution in [-0.4, -0.2) is 35.9 Å². The van der Waals surface area contributed by atoms with Crippen molar-refractivity contribution in [2.75, 3.05) is 6.61 Å². The zero-order valence-corrected chi connectivity index (χ0v) is 9.98. The second kappa shape index (κ2) is 4.72. The van der Waals surface area contributed by atoms with Crippen LogP contribution in [-0.2, 0) is 9.53 Å².